The first-order valence-electron chi connectivity index (χ1n) is 5.49. The molecule has 1 rings (SSSR count). The Bertz CT molecular complexity index is 698. The van der Waals surface area contributed by atoms with Gasteiger partial charge in [-0.2, -0.15) is 10.5 Å². The van der Waals surface area contributed by atoms with E-state index in [1.807, 2.05) is 0 Å². The molecule has 1 aromatic rings. The minimum Gasteiger partial charge on any atom is -0.406 e. The van der Waals surface area contributed by atoms with Gasteiger partial charge in [-0.05, 0) is 18.6 Å². The second-order valence-corrected chi connectivity index (χ2v) is 3.87. The first-order valence-corrected chi connectivity index (χ1v) is 5.49. The monoisotopic (exact) mass is 312 g/mol. The predicted octanol–water partition coefficient (Wildman–Crippen LogP) is 3.14. The van der Waals surface area contributed by atoms with E-state index in [1.54, 1.807) is 0 Å². The van der Waals surface area contributed by atoms with Crippen LogP contribution in [0.25, 0.3) is 0 Å². The molecule has 1 N–H and O–H groups in total. The van der Waals surface area contributed by atoms with Crippen molar-refractivity contribution in [3.05, 3.63) is 39.6 Å². The van der Waals surface area contributed by atoms with E-state index in [0.717, 1.165) is 12.3 Å². The number of hydrogen-bond acceptors (Lipinski definition) is 6. The van der Waals surface area contributed by atoms with Gasteiger partial charge < -0.3 is 10.1 Å². The molecule has 0 saturated heterocycles. The van der Waals surface area contributed by atoms with Gasteiger partial charge in [0.05, 0.1) is 11.0 Å². The maximum Gasteiger partial charge on any atom is 0.573 e. The first-order chi connectivity index (χ1) is 10.2. The molecule has 0 unspecified atom stereocenters. The van der Waals surface area contributed by atoms with E-state index in [0.29, 0.717) is 6.07 Å². The highest BCUT2D eigenvalue weighted by molar-refractivity contribution is 5.70. The Balaban J connectivity index is 3.30. The molecular formula is C12H7F3N4O3. The van der Waals surface area contributed by atoms with Gasteiger partial charge >= 0.3 is 6.36 Å². The highest BCUT2D eigenvalue weighted by atomic mass is 19.4. The van der Waals surface area contributed by atoms with Crippen molar-refractivity contribution >= 4 is 11.4 Å². The minimum absolute atomic E-state index is 0.0694. The van der Waals surface area contributed by atoms with Gasteiger partial charge in [0.1, 0.15) is 29.1 Å². The second kappa shape index (κ2) is 6.45. The highest BCUT2D eigenvalue weighted by Crippen LogP contribution is 2.35. The molecule has 22 heavy (non-hydrogen) atoms. The molecule has 0 heterocycles. The SMILES string of the molecule is Cc1cc(OC(F)(F)F)cc([N+](=O)[O-])c1NC=C(C#N)C#N. The molecular weight excluding hydrogens is 305 g/mol. The van der Waals surface area contributed by atoms with Crippen LogP contribution in [0.3, 0.4) is 0 Å². The molecule has 0 saturated carbocycles. The van der Waals surface area contributed by atoms with E-state index >= 15 is 0 Å². The van der Waals surface area contributed by atoms with Crippen LogP contribution in [-0.4, -0.2) is 11.3 Å². The number of nitrogens with zero attached hydrogens (tertiary/aromatic N) is 3. The number of halogens is 3. The summed E-state index contributed by atoms with van der Waals surface area (Å²) in [6.45, 7) is 1.31. The number of aryl methyl sites for hydroxylation is 1. The van der Waals surface area contributed by atoms with Crippen molar-refractivity contribution in [2.75, 3.05) is 5.32 Å². The third-order valence-corrected chi connectivity index (χ3v) is 2.32. The third kappa shape index (κ3) is 4.38. The summed E-state index contributed by atoms with van der Waals surface area (Å²) in [5, 5.41) is 30.5. The van der Waals surface area contributed by atoms with Gasteiger partial charge in [-0.25, -0.2) is 0 Å². The second-order valence-electron chi connectivity index (χ2n) is 3.87. The number of ether oxygens (including phenoxy) is 1. The number of benzene rings is 1. The molecule has 114 valence electrons. The lowest BCUT2D eigenvalue weighted by Gasteiger charge is -2.12. The maximum atomic E-state index is 12.2. The van der Waals surface area contributed by atoms with E-state index in [2.05, 4.69) is 10.1 Å². The van der Waals surface area contributed by atoms with Crippen molar-refractivity contribution in [3.8, 4) is 17.9 Å². The number of anilines is 1. The Morgan fingerprint density at radius 2 is 2.00 bits per heavy atom. The number of alkyl halides is 3. The molecule has 1 aromatic carbocycles. The number of nitrogens with one attached hydrogen (secondary N) is 1. The number of nitro benzene ring substituents is 1. The molecule has 0 aliphatic carbocycles. The molecule has 10 heteroatoms. The van der Waals surface area contributed by atoms with Crippen LogP contribution in [0, 0.1) is 39.7 Å². The molecule has 0 aromatic heterocycles. The van der Waals surface area contributed by atoms with Crippen molar-refractivity contribution in [1.29, 1.82) is 10.5 Å². The van der Waals surface area contributed by atoms with Gasteiger partial charge in [0.15, 0.2) is 0 Å². The molecule has 0 atom stereocenters. The van der Waals surface area contributed by atoms with Gasteiger partial charge in [-0.1, -0.05) is 0 Å². The fraction of sp³-hybridized carbons (Fsp3) is 0.167. The van der Waals surface area contributed by atoms with Crippen molar-refractivity contribution in [2.45, 2.75) is 13.3 Å². The van der Waals surface area contributed by atoms with Gasteiger partial charge in [-0.15, -0.1) is 13.2 Å². The summed E-state index contributed by atoms with van der Waals surface area (Å²) in [4.78, 5) is 10.0. The van der Waals surface area contributed by atoms with Crippen LogP contribution in [0.15, 0.2) is 23.9 Å². The molecule has 0 aliphatic heterocycles. The van der Waals surface area contributed by atoms with Crippen LogP contribution < -0.4 is 10.1 Å². The standard InChI is InChI=1S/C12H7F3N4O3/c1-7-2-9(22-12(13,14)15)3-10(19(20)21)11(7)18-6-8(4-16)5-17/h2-3,6,18H,1H3. The van der Waals surface area contributed by atoms with Crippen molar-refractivity contribution in [2.24, 2.45) is 0 Å². The topological polar surface area (TPSA) is 112 Å². The van der Waals surface area contributed by atoms with Crippen LogP contribution in [0.1, 0.15) is 5.56 Å². The number of hydrogen-bond donors (Lipinski definition) is 1. The lowest BCUT2D eigenvalue weighted by Crippen LogP contribution is -2.17. The van der Waals surface area contributed by atoms with Crippen LogP contribution in [-0.2, 0) is 0 Å². The van der Waals surface area contributed by atoms with Crippen LogP contribution >= 0.6 is 0 Å². The Morgan fingerprint density at radius 3 is 2.45 bits per heavy atom. The summed E-state index contributed by atoms with van der Waals surface area (Å²) >= 11 is 0. The zero-order chi connectivity index (χ0) is 16.9. The van der Waals surface area contributed by atoms with Crippen molar-refractivity contribution in [1.82, 2.24) is 0 Å². The summed E-state index contributed by atoms with van der Waals surface area (Å²) in [5.74, 6) is -0.744. The largest absolute Gasteiger partial charge is 0.573 e. The first kappa shape index (κ1) is 16.8. The highest BCUT2D eigenvalue weighted by Gasteiger charge is 2.32. The Labute approximate surface area is 122 Å². The fourth-order valence-corrected chi connectivity index (χ4v) is 1.49. The molecule has 7 nitrogen and oxygen atoms in total. The molecule has 0 radical (unpaired) electrons. The van der Waals surface area contributed by atoms with E-state index in [4.69, 9.17) is 10.5 Å². The van der Waals surface area contributed by atoms with Crippen LogP contribution in [0.5, 0.6) is 5.75 Å². The lowest BCUT2D eigenvalue weighted by atomic mass is 10.1. The number of nitriles is 2. The minimum atomic E-state index is -4.98. The van der Waals surface area contributed by atoms with E-state index in [1.165, 1.54) is 19.1 Å². The quantitative estimate of drug-likeness (QED) is 0.519. The predicted molar refractivity (Wildman–Crippen MR) is 67.4 cm³/mol. The molecule has 0 amide bonds. The summed E-state index contributed by atoms with van der Waals surface area (Å²) in [7, 11) is 0. The van der Waals surface area contributed by atoms with Crippen molar-refractivity contribution < 1.29 is 22.8 Å². The van der Waals surface area contributed by atoms with Gasteiger partial charge in [0, 0.05) is 6.20 Å². The van der Waals surface area contributed by atoms with E-state index < -0.39 is 22.7 Å². The lowest BCUT2D eigenvalue weighted by molar-refractivity contribution is -0.384. The average Bonchev–Trinajstić information content (AvgIpc) is 2.39. The summed E-state index contributed by atoms with van der Waals surface area (Å²) in [6.07, 6.45) is -4.07. The van der Waals surface area contributed by atoms with Gasteiger partial charge in [0.25, 0.3) is 5.69 Å². The van der Waals surface area contributed by atoms with Gasteiger partial charge in [-0.3, -0.25) is 10.1 Å². The number of allylic oxidation sites excluding steroid dienone is 1. The molecule has 0 aliphatic rings. The fourth-order valence-electron chi connectivity index (χ4n) is 1.49. The summed E-state index contributed by atoms with van der Waals surface area (Å²) < 4.78 is 40.1. The normalized spacial score (nSPS) is 10.1. The number of nitro groups is 1. The molecule has 0 bridgehead atoms. The zero-order valence-corrected chi connectivity index (χ0v) is 10.9. The zero-order valence-electron chi connectivity index (χ0n) is 10.9. The van der Waals surface area contributed by atoms with E-state index in [-0.39, 0.29) is 16.8 Å². The Kier molecular flexibility index (Phi) is 4.92. The van der Waals surface area contributed by atoms with Crippen LogP contribution in [0.4, 0.5) is 24.5 Å². The van der Waals surface area contributed by atoms with Gasteiger partial charge in [0.2, 0.25) is 0 Å². The third-order valence-electron chi connectivity index (χ3n) is 2.32. The molecule has 0 spiro atoms. The van der Waals surface area contributed by atoms with E-state index in [9.17, 15) is 23.3 Å². The van der Waals surface area contributed by atoms with Crippen LogP contribution in [0.2, 0.25) is 0 Å². The Hall–Kier alpha value is -3.27. The average molecular weight is 312 g/mol. The maximum absolute atomic E-state index is 12.2. The number of rotatable bonds is 4. The van der Waals surface area contributed by atoms with Crippen molar-refractivity contribution in [3.63, 3.8) is 0 Å². The molecule has 0 fully saturated rings. The summed E-state index contributed by atoms with van der Waals surface area (Å²) in [5.41, 5.74) is -1.13. The Morgan fingerprint density at radius 1 is 1.41 bits per heavy atom. The summed E-state index contributed by atoms with van der Waals surface area (Å²) in [6, 6.07) is 4.59. The smallest absolute Gasteiger partial charge is 0.406 e.